The van der Waals surface area contributed by atoms with Gasteiger partial charge in [0, 0.05) is 22.9 Å². The molecule has 0 amide bonds. The number of ether oxygens (including phenoxy) is 1. The average molecular weight is 403 g/mol. The maximum Gasteiger partial charge on any atom is 0.165 e. The maximum absolute atomic E-state index is 10.4. The molecule has 0 unspecified atom stereocenters. The van der Waals surface area contributed by atoms with Crippen LogP contribution in [0.5, 0.6) is 11.5 Å². The fourth-order valence-corrected chi connectivity index (χ4v) is 6.12. The Morgan fingerprint density at radius 3 is 2.93 bits per heavy atom. The number of piperidine rings is 1. The first-order valence-corrected chi connectivity index (χ1v) is 10.6. The molecule has 3 aromatic rings. The number of hydrogen-bond donors (Lipinski definition) is 3. The molecule has 0 radical (unpaired) electrons. The second kappa shape index (κ2) is 6.33. The number of imidazole rings is 1. The fraction of sp³-hybridized carbons (Fsp3) is 0.375. The summed E-state index contributed by atoms with van der Waals surface area (Å²) in [7, 11) is 2.19. The van der Waals surface area contributed by atoms with Crippen LogP contribution >= 0.6 is 0 Å². The smallest absolute Gasteiger partial charge is 0.165 e. The van der Waals surface area contributed by atoms with Gasteiger partial charge in [0.25, 0.3) is 0 Å². The number of aliphatic hydroxyl groups is 1. The van der Waals surface area contributed by atoms with Crippen LogP contribution < -0.4 is 4.74 Å². The molecule has 4 aliphatic rings. The van der Waals surface area contributed by atoms with Gasteiger partial charge in [-0.1, -0.05) is 30.4 Å². The number of likely N-dealkylation sites (tertiary alicyclic amines) is 1. The molecule has 3 heterocycles. The molecule has 6 nitrogen and oxygen atoms in total. The Hall–Kier alpha value is -2.83. The van der Waals surface area contributed by atoms with Crippen molar-refractivity contribution >= 4 is 11.0 Å². The molecule has 7 rings (SSSR count). The van der Waals surface area contributed by atoms with Crippen LogP contribution in [0.3, 0.4) is 0 Å². The third-order valence-corrected chi connectivity index (χ3v) is 7.48. The summed E-state index contributed by atoms with van der Waals surface area (Å²) in [6.07, 6.45) is 6.88. The van der Waals surface area contributed by atoms with Crippen molar-refractivity contribution in [1.82, 2.24) is 14.9 Å². The van der Waals surface area contributed by atoms with E-state index in [4.69, 9.17) is 4.74 Å². The van der Waals surface area contributed by atoms with Crippen LogP contribution in [0, 0.1) is 5.92 Å². The number of aromatic amines is 1. The molecule has 6 heteroatoms. The molecule has 3 N–H and O–H groups in total. The number of rotatable bonds is 0. The Morgan fingerprint density at radius 2 is 2.07 bits per heavy atom. The zero-order chi connectivity index (χ0) is 20.5. The minimum absolute atomic E-state index is 0.160. The van der Waals surface area contributed by atoms with Crippen molar-refractivity contribution in [1.29, 1.82) is 0 Å². The van der Waals surface area contributed by atoms with E-state index >= 15 is 0 Å². The normalized spacial score (nSPS) is 32.9. The van der Waals surface area contributed by atoms with E-state index in [0.717, 1.165) is 30.4 Å². The summed E-state index contributed by atoms with van der Waals surface area (Å²) < 4.78 is 6.09. The van der Waals surface area contributed by atoms with E-state index in [0.29, 0.717) is 17.7 Å². The van der Waals surface area contributed by atoms with Crippen LogP contribution in [0.1, 0.15) is 17.5 Å². The van der Waals surface area contributed by atoms with E-state index in [2.05, 4.69) is 28.0 Å². The molecular weight excluding hydrogens is 378 g/mol. The molecule has 5 atom stereocenters. The fourth-order valence-electron chi connectivity index (χ4n) is 6.12. The lowest BCUT2D eigenvalue weighted by molar-refractivity contribution is -0.0453. The summed E-state index contributed by atoms with van der Waals surface area (Å²) >= 11 is 0. The molecular formula is C24H25N3O3. The van der Waals surface area contributed by atoms with Gasteiger partial charge >= 0.3 is 0 Å². The van der Waals surface area contributed by atoms with E-state index in [9.17, 15) is 10.2 Å². The van der Waals surface area contributed by atoms with Gasteiger partial charge in [-0.3, -0.25) is 0 Å². The molecule has 154 valence electrons. The molecule has 0 saturated carbocycles. The highest BCUT2D eigenvalue weighted by Gasteiger charge is 2.64. The van der Waals surface area contributed by atoms with Gasteiger partial charge in [0.2, 0.25) is 0 Å². The van der Waals surface area contributed by atoms with Crippen LogP contribution in [-0.4, -0.2) is 56.9 Å². The first kappa shape index (κ1) is 18.0. The van der Waals surface area contributed by atoms with Crippen molar-refractivity contribution in [3.8, 4) is 11.5 Å². The third-order valence-electron chi connectivity index (χ3n) is 7.48. The van der Waals surface area contributed by atoms with E-state index in [-0.39, 0.29) is 17.3 Å². The predicted octanol–water partition coefficient (Wildman–Crippen LogP) is 2.76. The summed E-state index contributed by atoms with van der Waals surface area (Å²) in [4.78, 5) is 9.50. The SMILES string of the molecule is CN1CC[C@]23c4c5ccc(O)c4O[C@H]2[C@@H](O)C=C[C@H]3[C@H]1C5.c1ccc2[nH]cnc2c1. The Bertz CT molecular complexity index is 1130. The van der Waals surface area contributed by atoms with E-state index in [1.54, 1.807) is 12.4 Å². The Labute approximate surface area is 174 Å². The number of nitrogens with one attached hydrogen (secondary N) is 1. The van der Waals surface area contributed by atoms with Crippen LogP contribution in [0.25, 0.3) is 11.0 Å². The standard InChI is InChI=1S/C17H19NO3.C7H6N2/c1-18-7-6-17-10-3-5-13(20)16(17)21-15-12(19)4-2-9(14(15)17)8-11(10)18;1-2-4-7-6(3-1)8-5-9-7/h2-5,10-11,13,16,19-20H,6-8H2,1H3;1-5H,(H,8,9)/t10-,11+,13-,16-,17-;/m0./s1. The maximum atomic E-state index is 10.4. The highest BCUT2D eigenvalue weighted by atomic mass is 16.5. The van der Waals surface area contributed by atoms with Crippen LogP contribution in [-0.2, 0) is 11.8 Å². The summed E-state index contributed by atoms with van der Waals surface area (Å²) in [5, 5.41) is 20.6. The van der Waals surface area contributed by atoms with E-state index in [1.165, 1.54) is 11.1 Å². The van der Waals surface area contributed by atoms with E-state index in [1.807, 2.05) is 36.4 Å². The van der Waals surface area contributed by atoms with Crippen LogP contribution in [0.15, 0.2) is 54.9 Å². The highest BCUT2D eigenvalue weighted by molar-refractivity contribution is 5.73. The number of phenols is 1. The predicted molar refractivity (Wildman–Crippen MR) is 114 cm³/mol. The largest absolute Gasteiger partial charge is 0.504 e. The molecule has 2 aliphatic carbocycles. The number of phenolic OH excluding ortho intramolecular Hbond substituents is 1. The molecule has 1 spiro atoms. The Kier molecular flexibility index (Phi) is 3.80. The second-order valence-corrected chi connectivity index (χ2v) is 8.85. The summed E-state index contributed by atoms with van der Waals surface area (Å²) in [5.41, 5.74) is 4.41. The number of aromatic nitrogens is 2. The number of nitrogens with zero attached hydrogens (tertiary/aromatic N) is 2. The van der Waals surface area contributed by atoms with Gasteiger partial charge < -0.3 is 24.8 Å². The molecule has 1 aromatic heterocycles. The van der Waals surface area contributed by atoms with Gasteiger partial charge in [0.1, 0.15) is 12.2 Å². The van der Waals surface area contributed by atoms with Gasteiger partial charge in [-0.05, 0) is 50.2 Å². The summed E-state index contributed by atoms with van der Waals surface area (Å²) in [5.74, 6) is 1.19. The van der Waals surface area contributed by atoms with E-state index < -0.39 is 6.10 Å². The summed E-state index contributed by atoms with van der Waals surface area (Å²) in [6.45, 7) is 1.01. The molecule has 30 heavy (non-hydrogen) atoms. The van der Waals surface area contributed by atoms with Gasteiger partial charge in [-0.2, -0.15) is 0 Å². The zero-order valence-corrected chi connectivity index (χ0v) is 16.8. The lowest BCUT2D eigenvalue weighted by Gasteiger charge is -2.56. The van der Waals surface area contributed by atoms with Crippen molar-refractivity contribution in [3.63, 3.8) is 0 Å². The van der Waals surface area contributed by atoms with Gasteiger partial charge in [0.05, 0.1) is 17.4 Å². The first-order valence-electron chi connectivity index (χ1n) is 10.6. The van der Waals surface area contributed by atoms with Crippen LogP contribution in [0.4, 0.5) is 0 Å². The number of aliphatic hydroxyl groups excluding tert-OH is 1. The third kappa shape index (κ3) is 2.29. The summed E-state index contributed by atoms with van der Waals surface area (Å²) in [6, 6.07) is 12.2. The lowest BCUT2D eigenvalue weighted by Crippen LogP contribution is -2.64. The first-order chi connectivity index (χ1) is 14.6. The molecule has 1 saturated heterocycles. The lowest BCUT2D eigenvalue weighted by atomic mass is 9.53. The number of H-pyrrole nitrogens is 1. The van der Waals surface area contributed by atoms with Crippen LogP contribution in [0.2, 0.25) is 0 Å². The van der Waals surface area contributed by atoms with Crippen molar-refractivity contribution in [3.05, 3.63) is 66.0 Å². The number of likely N-dealkylation sites (N-methyl/N-ethyl adjacent to an activating group) is 1. The van der Waals surface area contributed by atoms with Crippen molar-refractivity contribution in [2.75, 3.05) is 13.6 Å². The number of hydrogen-bond acceptors (Lipinski definition) is 5. The Morgan fingerprint density at radius 1 is 1.20 bits per heavy atom. The molecule has 1 fully saturated rings. The van der Waals surface area contributed by atoms with Gasteiger partial charge in [-0.25, -0.2) is 4.98 Å². The molecule has 2 aromatic carbocycles. The van der Waals surface area contributed by atoms with Gasteiger partial charge in [0.15, 0.2) is 11.5 Å². The average Bonchev–Trinajstić information content (AvgIpc) is 3.37. The zero-order valence-electron chi connectivity index (χ0n) is 16.8. The monoisotopic (exact) mass is 403 g/mol. The second-order valence-electron chi connectivity index (χ2n) is 8.85. The topological polar surface area (TPSA) is 81.6 Å². The number of fused-ring (bicyclic) bond motifs is 1. The van der Waals surface area contributed by atoms with Crippen molar-refractivity contribution in [2.45, 2.75) is 36.5 Å². The number of aromatic hydroxyl groups is 1. The quantitative estimate of drug-likeness (QED) is 0.503. The highest BCUT2D eigenvalue weighted by Crippen LogP contribution is 2.62. The number of para-hydroxylation sites is 2. The van der Waals surface area contributed by atoms with Gasteiger partial charge in [-0.15, -0.1) is 0 Å². The minimum Gasteiger partial charge on any atom is -0.504 e. The Balaban J connectivity index is 0.000000163. The number of benzene rings is 2. The van der Waals surface area contributed by atoms with Crippen molar-refractivity contribution in [2.24, 2.45) is 5.92 Å². The van der Waals surface area contributed by atoms with Crippen molar-refractivity contribution < 1.29 is 14.9 Å². The molecule has 2 aliphatic heterocycles. The molecule has 2 bridgehead atoms. The minimum atomic E-state index is -0.594.